The average molecular weight is 470 g/mol. The van der Waals surface area contributed by atoms with Gasteiger partial charge in [0.05, 0.1) is 16.9 Å². The number of amides is 1. The molecule has 6 nitrogen and oxygen atoms in total. The summed E-state index contributed by atoms with van der Waals surface area (Å²) >= 11 is 1.07. The predicted octanol–water partition coefficient (Wildman–Crippen LogP) is 5.39. The number of nitrogens with one attached hydrogen (secondary N) is 1. The standard InChI is InChI=1S/C23H17F3N4O2S/c24-23(25,26)15-7-6-8-16(13-15)27-20(32)14-33-22-29-28-21(18-11-4-5-12-19(18)31)30(22)17-9-2-1-3-10-17/h1-13,31H,14H2,(H,27,32). The summed E-state index contributed by atoms with van der Waals surface area (Å²) in [5.74, 6) is -0.186. The fourth-order valence-electron chi connectivity index (χ4n) is 3.11. The lowest BCUT2D eigenvalue weighted by molar-refractivity contribution is -0.137. The van der Waals surface area contributed by atoms with Gasteiger partial charge in [0.15, 0.2) is 11.0 Å². The van der Waals surface area contributed by atoms with Crippen LogP contribution in [0, 0.1) is 0 Å². The van der Waals surface area contributed by atoms with Gasteiger partial charge in [0.25, 0.3) is 0 Å². The molecular weight excluding hydrogens is 453 g/mol. The number of phenols is 1. The summed E-state index contributed by atoms with van der Waals surface area (Å²) in [6.45, 7) is 0. The van der Waals surface area contributed by atoms with Crippen LogP contribution in [0.15, 0.2) is 84.0 Å². The summed E-state index contributed by atoms with van der Waals surface area (Å²) in [4.78, 5) is 12.4. The highest BCUT2D eigenvalue weighted by molar-refractivity contribution is 7.99. The second-order valence-corrected chi connectivity index (χ2v) is 7.85. The number of hydrogen-bond acceptors (Lipinski definition) is 5. The van der Waals surface area contributed by atoms with E-state index >= 15 is 0 Å². The summed E-state index contributed by atoms with van der Waals surface area (Å²) in [6, 6.07) is 20.3. The van der Waals surface area contributed by atoms with Crippen LogP contribution < -0.4 is 5.32 Å². The summed E-state index contributed by atoms with van der Waals surface area (Å²) in [7, 11) is 0. The smallest absolute Gasteiger partial charge is 0.416 e. The highest BCUT2D eigenvalue weighted by Gasteiger charge is 2.30. The molecule has 3 aromatic carbocycles. The van der Waals surface area contributed by atoms with Crippen molar-refractivity contribution in [1.29, 1.82) is 0 Å². The van der Waals surface area contributed by atoms with E-state index in [1.54, 1.807) is 22.8 Å². The van der Waals surface area contributed by atoms with Crippen molar-refractivity contribution in [1.82, 2.24) is 14.8 Å². The number of hydrogen-bond donors (Lipinski definition) is 2. The molecule has 4 rings (SSSR count). The van der Waals surface area contributed by atoms with Crippen molar-refractivity contribution in [2.24, 2.45) is 0 Å². The van der Waals surface area contributed by atoms with Gasteiger partial charge in [0.1, 0.15) is 5.75 Å². The molecule has 33 heavy (non-hydrogen) atoms. The molecule has 0 spiro atoms. The number of aromatic nitrogens is 3. The largest absolute Gasteiger partial charge is 0.507 e. The van der Waals surface area contributed by atoms with Crippen LogP contribution in [0.4, 0.5) is 18.9 Å². The third-order valence-corrected chi connectivity index (χ3v) is 5.53. The fraction of sp³-hybridized carbons (Fsp3) is 0.0870. The summed E-state index contributed by atoms with van der Waals surface area (Å²) in [5.41, 5.74) is 0.398. The van der Waals surface area contributed by atoms with Gasteiger partial charge in [-0.05, 0) is 42.5 Å². The third kappa shape index (κ3) is 5.17. The van der Waals surface area contributed by atoms with Gasteiger partial charge in [-0.15, -0.1) is 10.2 Å². The first kappa shape index (κ1) is 22.4. The van der Waals surface area contributed by atoms with Crippen molar-refractivity contribution in [3.8, 4) is 22.8 Å². The Bertz CT molecular complexity index is 1280. The van der Waals surface area contributed by atoms with Gasteiger partial charge >= 0.3 is 6.18 Å². The van der Waals surface area contributed by atoms with E-state index in [1.807, 2.05) is 30.3 Å². The molecule has 4 aromatic rings. The Hall–Kier alpha value is -3.79. The lowest BCUT2D eigenvalue weighted by Gasteiger charge is -2.12. The molecule has 0 radical (unpaired) electrons. The van der Waals surface area contributed by atoms with Crippen LogP contribution >= 0.6 is 11.8 Å². The van der Waals surface area contributed by atoms with E-state index in [2.05, 4.69) is 15.5 Å². The van der Waals surface area contributed by atoms with E-state index in [0.717, 1.165) is 29.6 Å². The molecule has 0 aliphatic heterocycles. The second kappa shape index (κ2) is 9.37. The molecule has 2 N–H and O–H groups in total. The number of thioether (sulfide) groups is 1. The van der Waals surface area contributed by atoms with Gasteiger partial charge in [-0.3, -0.25) is 9.36 Å². The van der Waals surface area contributed by atoms with Gasteiger partial charge in [0.2, 0.25) is 5.91 Å². The Kier molecular flexibility index (Phi) is 6.36. The van der Waals surface area contributed by atoms with E-state index in [9.17, 15) is 23.1 Å². The number of phenolic OH excluding ortho intramolecular Hbond substituents is 1. The first-order valence-corrected chi connectivity index (χ1v) is 10.7. The van der Waals surface area contributed by atoms with Crippen LogP contribution in [0.2, 0.25) is 0 Å². The lowest BCUT2D eigenvalue weighted by atomic mass is 10.2. The Morgan fingerprint density at radius 1 is 0.970 bits per heavy atom. The molecule has 1 amide bonds. The quantitative estimate of drug-likeness (QED) is 0.370. The van der Waals surface area contributed by atoms with Crippen molar-refractivity contribution in [2.45, 2.75) is 11.3 Å². The molecule has 168 valence electrons. The van der Waals surface area contributed by atoms with Gasteiger partial charge < -0.3 is 10.4 Å². The van der Waals surface area contributed by atoms with E-state index in [1.165, 1.54) is 18.2 Å². The Balaban J connectivity index is 1.57. The van der Waals surface area contributed by atoms with E-state index in [-0.39, 0.29) is 17.2 Å². The molecule has 10 heteroatoms. The number of halogens is 3. The zero-order valence-corrected chi connectivity index (χ0v) is 17.8. The van der Waals surface area contributed by atoms with E-state index in [4.69, 9.17) is 0 Å². The van der Waals surface area contributed by atoms with Crippen LogP contribution in [-0.2, 0) is 11.0 Å². The van der Waals surface area contributed by atoms with Gasteiger partial charge in [0, 0.05) is 11.4 Å². The Labute approximate surface area is 191 Å². The van der Waals surface area contributed by atoms with Crippen molar-refractivity contribution in [2.75, 3.05) is 11.1 Å². The number of rotatable bonds is 6. The summed E-state index contributed by atoms with van der Waals surface area (Å²) < 4.78 is 40.4. The normalized spacial score (nSPS) is 11.4. The molecule has 0 atom stereocenters. The van der Waals surface area contributed by atoms with Crippen molar-refractivity contribution < 1.29 is 23.1 Å². The maximum atomic E-state index is 12.9. The first-order chi connectivity index (χ1) is 15.8. The lowest BCUT2D eigenvalue weighted by Crippen LogP contribution is -2.15. The van der Waals surface area contributed by atoms with E-state index < -0.39 is 17.6 Å². The summed E-state index contributed by atoms with van der Waals surface area (Å²) in [5, 5.41) is 21.5. The number of benzene rings is 3. The van der Waals surface area contributed by atoms with Crippen LogP contribution in [0.3, 0.4) is 0 Å². The van der Waals surface area contributed by atoms with E-state index in [0.29, 0.717) is 16.5 Å². The minimum atomic E-state index is -4.50. The van der Waals surface area contributed by atoms with Crippen molar-refractivity contribution in [3.63, 3.8) is 0 Å². The Morgan fingerprint density at radius 3 is 2.42 bits per heavy atom. The number of nitrogens with zero attached hydrogens (tertiary/aromatic N) is 3. The number of alkyl halides is 3. The Morgan fingerprint density at radius 2 is 1.70 bits per heavy atom. The molecule has 0 unspecified atom stereocenters. The topological polar surface area (TPSA) is 80.0 Å². The average Bonchev–Trinajstić information content (AvgIpc) is 3.22. The number of anilines is 1. The number of aromatic hydroxyl groups is 1. The van der Waals surface area contributed by atoms with Crippen molar-refractivity contribution >= 4 is 23.4 Å². The third-order valence-electron chi connectivity index (χ3n) is 4.60. The summed E-state index contributed by atoms with van der Waals surface area (Å²) in [6.07, 6.45) is -4.50. The molecular formula is C23H17F3N4O2S. The minimum absolute atomic E-state index is 0.0286. The maximum absolute atomic E-state index is 12.9. The van der Waals surface area contributed by atoms with Crippen molar-refractivity contribution in [3.05, 3.63) is 84.4 Å². The van der Waals surface area contributed by atoms with Crippen LogP contribution in [0.25, 0.3) is 17.1 Å². The second-order valence-electron chi connectivity index (χ2n) is 6.91. The van der Waals surface area contributed by atoms with Gasteiger partial charge in [-0.1, -0.05) is 48.2 Å². The van der Waals surface area contributed by atoms with Gasteiger partial charge in [-0.25, -0.2) is 0 Å². The minimum Gasteiger partial charge on any atom is -0.507 e. The number of para-hydroxylation sites is 2. The van der Waals surface area contributed by atoms with Crippen LogP contribution in [-0.4, -0.2) is 31.5 Å². The molecule has 0 saturated carbocycles. The predicted molar refractivity (Wildman–Crippen MR) is 119 cm³/mol. The number of carbonyl (C=O) groups excluding carboxylic acids is 1. The molecule has 0 fully saturated rings. The van der Waals surface area contributed by atoms with Gasteiger partial charge in [-0.2, -0.15) is 13.2 Å². The molecule has 1 aromatic heterocycles. The molecule has 0 aliphatic rings. The zero-order chi connectivity index (χ0) is 23.4. The molecule has 0 aliphatic carbocycles. The fourth-order valence-corrected chi connectivity index (χ4v) is 3.86. The number of carbonyl (C=O) groups is 1. The molecule has 1 heterocycles. The van der Waals surface area contributed by atoms with Crippen LogP contribution in [0.1, 0.15) is 5.56 Å². The highest BCUT2D eigenvalue weighted by Crippen LogP contribution is 2.33. The monoisotopic (exact) mass is 470 g/mol. The zero-order valence-electron chi connectivity index (χ0n) is 17.0. The molecule has 0 bridgehead atoms. The van der Waals surface area contributed by atoms with Crippen LogP contribution in [0.5, 0.6) is 5.75 Å². The SMILES string of the molecule is O=C(CSc1nnc(-c2ccccc2O)n1-c1ccccc1)Nc1cccc(C(F)(F)F)c1. The molecule has 0 saturated heterocycles. The first-order valence-electron chi connectivity index (χ1n) is 9.72. The maximum Gasteiger partial charge on any atom is 0.416 e. The highest BCUT2D eigenvalue weighted by atomic mass is 32.2.